The summed E-state index contributed by atoms with van der Waals surface area (Å²) in [6, 6.07) is 15.2. The van der Waals surface area contributed by atoms with Gasteiger partial charge in [-0.2, -0.15) is 0 Å². The van der Waals surface area contributed by atoms with E-state index in [-0.39, 0.29) is 12.3 Å². The molecule has 4 rings (SSSR count). The fraction of sp³-hybridized carbons (Fsp3) is 0.0526. The van der Waals surface area contributed by atoms with E-state index in [0.717, 1.165) is 27.4 Å². The minimum absolute atomic E-state index is 0.103. The van der Waals surface area contributed by atoms with Crippen molar-refractivity contribution in [1.82, 2.24) is 9.97 Å². The second-order valence-electron chi connectivity index (χ2n) is 5.61. The second-order valence-corrected chi connectivity index (χ2v) is 6.05. The van der Waals surface area contributed by atoms with Crippen molar-refractivity contribution >= 4 is 45.0 Å². The van der Waals surface area contributed by atoms with Gasteiger partial charge in [0.25, 0.3) is 0 Å². The molecule has 4 nitrogen and oxygen atoms in total. The molecule has 0 saturated carbocycles. The van der Waals surface area contributed by atoms with Crippen molar-refractivity contribution < 1.29 is 4.79 Å². The highest BCUT2D eigenvalue weighted by molar-refractivity contribution is 6.32. The molecule has 4 aromatic rings. The number of fused-ring (bicyclic) bond motifs is 2. The molecule has 0 radical (unpaired) electrons. The lowest BCUT2D eigenvalue weighted by Crippen LogP contribution is -2.14. The highest BCUT2D eigenvalue weighted by Gasteiger charge is 2.11. The molecule has 0 aliphatic heterocycles. The number of amides is 1. The molecule has 24 heavy (non-hydrogen) atoms. The number of benzene rings is 2. The number of anilines is 1. The van der Waals surface area contributed by atoms with E-state index in [9.17, 15) is 4.79 Å². The lowest BCUT2D eigenvalue weighted by atomic mass is 10.1. The number of nitrogens with one attached hydrogen (secondary N) is 2. The number of aromatic nitrogens is 2. The van der Waals surface area contributed by atoms with Gasteiger partial charge >= 0.3 is 0 Å². The summed E-state index contributed by atoms with van der Waals surface area (Å²) in [5, 5.41) is 5.45. The summed E-state index contributed by atoms with van der Waals surface area (Å²) in [5.41, 5.74) is 3.34. The summed E-state index contributed by atoms with van der Waals surface area (Å²) in [7, 11) is 0. The summed E-state index contributed by atoms with van der Waals surface area (Å²) in [6.45, 7) is 0. The zero-order valence-electron chi connectivity index (χ0n) is 12.7. The van der Waals surface area contributed by atoms with Crippen molar-refractivity contribution in [3.63, 3.8) is 0 Å². The molecule has 0 saturated heterocycles. The minimum Gasteiger partial charge on any atom is -0.361 e. The first-order valence-corrected chi connectivity index (χ1v) is 7.97. The first kappa shape index (κ1) is 14.7. The summed E-state index contributed by atoms with van der Waals surface area (Å²) >= 11 is 6.14. The molecule has 0 atom stereocenters. The van der Waals surface area contributed by atoms with Crippen LogP contribution in [0.15, 0.2) is 60.9 Å². The number of carbonyl (C=O) groups excluding carboxylic acids is 1. The van der Waals surface area contributed by atoms with Gasteiger partial charge < -0.3 is 10.3 Å². The predicted molar refractivity (Wildman–Crippen MR) is 97.4 cm³/mol. The summed E-state index contributed by atoms with van der Waals surface area (Å²) < 4.78 is 0. The Morgan fingerprint density at radius 3 is 2.96 bits per heavy atom. The van der Waals surface area contributed by atoms with Crippen molar-refractivity contribution in [2.75, 3.05) is 5.32 Å². The summed E-state index contributed by atoms with van der Waals surface area (Å²) in [5.74, 6) is -0.103. The van der Waals surface area contributed by atoms with Gasteiger partial charge in [-0.3, -0.25) is 9.78 Å². The molecule has 0 aliphatic rings. The van der Waals surface area contributed by atoms with Gasteiger partial charge in [0.15, 0.2) is 0 Å². The standard InChI is InChI=1S/C19H14ClN3O/c20-14-8-12-4-3-7-21-19(12)17(10-14)23-18(24)9-13-11-22-16-6-2-1-5-15(13)16/h1-8,10-11,22H,9H2,(H,23,24). The zero-order chi connectivity index (χ0) is 16.5. The van der Waals surface area contributed by atoms with Crippen LogP contribution in [0, 0.1) is 0 Å². The maximum Gasteiger partial charge on any atom is 0.228 e. The SMILES string of the molecule is O=C(Cc1c[nH]c2ccccc12)Nc1cc(Cl)cc2cccnc12. The van der Waals surface area contributed by atoms with Crippen LogP contribution in [-0.2, 0) is 11.2 Å². The molecule has 2 heterocycles. The van der Waals surface area contributed by atoms with E-state index >= 15 is 0 Å². The van der Waals surface area contributed by atoms with E-state index in [4.69, 9.17) is 11.6 Å². The van der Waals surface area contributed by atoms with Crippen LogP contribution < -0.4 is 5.32 Å². The van der Waals surface area contributed by atoms with E-state index in [1.54, 1.807) is 12.3 Å². The maximum absolute atomic E-state index is 12.5. The smallest absolute Gasteiger partial charge is 0.228 e. The Kier molecular flexibility index (Phi) is 3.67. The number of hydrogen-bond acceptors (Lipinski definition) is 2. The normalized spacial score (nSPS) is 11.0. The predicted octanol–water partition coefficient (Wildman–Crippen LogP) is 4.55. The van der Waals surface area contributed by atoms with Gasteiger partial charge in [-0.05, 0) is 29.8 Å². The Hall–Kier alpha value is -2.85. The third kappa shape index (κ3) is 2.72. The monoisotopic (exact) mass is 335 g/mol. The van der Waals surface area contributed by atoms with E-state index in [1.165, 1.54) is 0 Å². The quantitative estimate of drug-likeness (QED) is 0.577. The number of H-pyrrole nitrogens is 1. The lowest BCUT2D eigenvalue weighted by Gasteiger charge is -2.08. The number of pyridine rings is 1. The third-order valence-corrected chi connectivity index (χ3v) is 4.19. The molecule has 118 valence electrons. The Morgan fingerprint density at radius 2 is 2.04 bits per heavy atom. The van der Waals surface area contributed by atoms with Gasteiger partial charge in [0.2, 0.25) is 5.91 Å². The minimum atomic E-state index is -0.103. The van der Waals surface area contributed by atoms with Crippen molar-refractivity contribution in [1.29, 1.82) is 0 Å². The molecule has 0 bridgehead atoms. The van der Waals surface area contributed by atoms with Crippen LogP contribution in [0.4, 0.5) is 5.69 Å². The highest BCUT2D eigenvalue weighted by atomic mass is 35.5. The maximum atomic E-state index is 12.5. The second kappa shape index (κ2) is 5.98. The molecule has 2 aromatic carbocycles. The molecule has 0 aliphatic carbocycles. The largest absolute Gasteiger partial charge is 0.361 e. The topological polar surface area (TPSA) is 57.8 Å². The molecular formula is C19H14ClN3O. The molecule has 1 amide bonds. The average molecular weight is 336 g/mol. The van der Waals surface area contributed by atoms with Crippen LogP contribution in [-0.4, -0.2) is 15.9 Å². The molecule has 5 heteroatoms. The molecule has 0 fully saturated rings. The summed E-state index contributed by atoms with van der Waals surface area (Å²) in [6.07, 6.45) is 3.86. The van der Waals surface area contributed by atoms with Crippen LogP contribution in [0.2, 0.25) is 5.02 Å². The van der Waals surface area contributed by atoms with Gasteiger partial charge in [0, 0.05) is 33.7 Å². The van der Waals surface area contributed by atoms with E-state index in [0.29, 0.717) is 10.7 Å². The van der Waals surface area contributed by atoms with Crippen molar-refractivity contribution in [3.8, 4) is 0 Å². The van der Waals surface area contributed by atoms with Crippen LogP contribution in [0.1, 0.15) is 5.56 Å². The molecule has 2 aromatic heterocycles. The first-order chi connectivity index (χ1) is 11.7. The van der Waals surface area contributed by atoms with Crippen molar-refractivity contribution in [2.45, 2.75) is 6.42 Å². The molecular weight excluding hydrogens is 322 g/mol. The van der Waals surface area contributed by atoms with E-state index in [1.807, 2.05) is 48.7 Å². The molecule has 0 unspecified atom stereocenters. The van der Waals surface area contributed by atoms with Gasteiger partial charge in [-0.25, -0.2) is 0 Å². The first-order valence-electron chi connectivity index (χ1n) is 7.60. The zero-order valence-corrected chi connectivity index (χ0v) is 13.5. The Balaban J connectivity index is 1.63. The number of para-hydroxylation sites is 1. The summed E-state index contributed by atoms with van der Waals surface area (Å²) in [4.78, 5) is 20.0. The number of halogens is 1. The average Bonchev–Trinajstić information content (AvgIpc) is 2.98. The van der Waals surface area contributed by atoms with Crippen LogP contribution in [0.3, 0.4) is 0 Å². The van der Waals surface area contributed by atoms with Gasteiger partial charge in [0.05, 0.1) is 17.6 Å². The van der Waals surface area contributed by atoms with Gasteiger partial charge in [-0.1, -0.05) is 35.9 Å². The lowest BCUT2D eigenvalue weighted by molar-refractivity contribution is -0.115. The fourth-order valence-electron chi connectivity index (χ4n) is 2.90. The highest BCUT2D eigenvalue weighted by Crippen LogP contribution is 2.26. The van der Waals surface area contributed by atoms with Crippen LogP contribution in [0.25, 0.3) is 21.8 Å². The van der Waals surface area contributed by atoms with Crippen molar-refractivity contribution in [2.24, 2.45) is 0 Å². The van der Waals surface area contributed by atoms with E-state index < -0.39 is 0 Å². The Bertz CT molecular complexity index is 1050. The molecule has 0 spiro atoms. The Labute approximate surface area is 143 Å². The number of nitrogens with zero attached hydrogens (tertiary/aromatic N) is 1. The molecule has 2 N–H and O–H groups in total. The van der Waals surface area contributed by atoms with Crippen molar-refractivity contribution in [3.05, 3.63) is 71.5 Å². The van der Waals surface area contributed by atoms with Gasteiger partial charge in [-0.15, -0.1) is 0 Å². The third-order valence-electron chi connectivity index (χ3n) is 3.97. The number of hydrogen-bond donors (Lipinski definition) is 2. The number of rotatable bonds is 3. The number of carbonyl (C=O) groups is 1. The number of aromatic amines is 1. The Morgan fingerprint density at radius 1 is 1.17 bits per heavy atom. The fourth-order valence-corrected chi connectivity index (χ4v) is 3.12. The van der Waals surface area contributed by atoms with Gasteiger partial charge in [0.1, 0.15) is 0 Å². The van der Waals surface area contributed by atoms with E-state index in [2.05, 4.69) is 15.3 Å². The van der Waals surface area contributed by atoms with Crippen LogP contribution >= 0.6 is 11.6 Å². The van der Waals surface area contributed by atoms with Crippen LogP contribution in [0.5, 0.6) is 0 Å².